The number of ether oxygens (including phenoxy) is 1. The van der Waals surface area contributed by atoms with Crippen molar-refractivity contribution in [2.45, 2.75) is 73.5 Å². The van der Waals surface area contributed by atoms with Crippen molar-refractivity contribution in [3.8, 4) is 5.75 Å². The fraction of sp³-hybridized carbons (Fsp3) is 0.552. The molecule has 11 heteroatoms. The van der Waals surface area contributed by atoms with Crippen molar-refractivity contribution in [1.29, 1.82) is 0 Å². The van der Waals surface area contributed by atoms with Crippen LogP contribution >= 0.6 is 24.8 Å². The van der Waals surface area contributed by atoms with Gasteiger partial charge in [0.15, 0.2) is 14.6 Å². The second-order valence-corrected chi connectivity index (χ2v) is 13.1. The van der Waals surface area contributed by atoms with E-state index in [1.165, 1.54) is 42.6 Å². The number of carbonyl (C=O) groups excluding carboxylic acids is 1. The van der Waals surface area contributed by atoms with Gasteiger partial charge in [0, 0.05) is 37.9 Å². The smallest absolute Gasteiger partial charge is 0.265 e. The molecule has 0 bridgehead atoms. The Labute approximate surface area is 250 Å². The number of nitrogens with one attached hydrogen (secondary N) is 1. The van der Waals surface area contributed by atoms with Crippen molar-refractivity contribution in [2.24, 2.45) is 0 Å². The summed E-state index contributed by atoms with van der Waals surface area (Å²) in [6.07, 6.45) is 8.16. The molecule has 2 aromatic rings. The Morgan fingerprint density at radius 3 is 2.27 bits per heavy atom. The molecule has 3 aliphatic rings. The Balaban J connectivity index is 0.00000220. The van der Waals surface area contributed by atoms with Crippen LogP contribution in [0.25, 0.3) is 0 Å². The highest BCUT2D eigenvalue weighted by Gasteiger charge is 2.54. The molecule has 222 valence electrons. The highest BCUT2D eigenvalue weighted by atomic mass is 35.5. The van der Waals surface area contributed by atoms with E-state index in [0.717, 1.165) is 38.8 Å². The number of amides is 1. The highest BCUT2D eigenvalue weighted by Crippen LogP contribution is 2.39. The number of sulfone groups is 1. The molecule has 0 atom stereocenters. The summed E-state index contributed by atoms with van der Waals surface area (Å²) in [5, 5.41) is 9.38. The molecule has 2 N–H and O–H groups in total. The number of nitrogens with zero attached hydrogens (tertiary/aromatic N) is 2. The van der Waals surface area contributed by atoms with Crippen LogP contribution in [-0.2, 0) is 21.1 Å². The van der Waals surface area contributed by atoms with Crippen LogP contribution in [-0.4, -0.2) is 68.0 Å². The minimum Gasteiger partial charge on any atom is -0.494 e. The zero-order chi connectivity index (χ0) is 26.6. The van der Waals surface area contributed by atoms with Gasteiger partial charge in [0.2, 0.25) is 0 Å². The number of benzene rings is 2. The van der Waals surface area contributed by atoms with Crippen molar-refractivity contribution < 1.29 is 23.2 Å². The lowest BCUT2D eigenvalue weighted by Crippen LogP contribution is -2.58. The Morgan fingerprint density at radius 2 is 1.65 bits per heavy atom. The van der Waals surface area contributed by atoms with Gasteiger partial charge in [0.1, 0.15) is 5.75 Å². The van der Waals surface area contributed by atoms with Gasteiger partial charge in [0.05, 0.1) is 11.5 Å². The predicted molar refractivity (Wildman–Crippen MR) is 161 cm³/mol. The van der Waals surface area contributed by atoms with E-state index >= 15 is 0 Å². The van der Waals surface area contributed by atoms with Gasteiger partial charge < -0.3 is 14.5 Å². The molecular formula is C29H41Cl2N3O5S. The Bertz CT molecular complexity index is 1210. The zero-order valence-corrected chi connectivity index (χ0v) is 25.2. The average Bonchev–Trinajstić information content (AvgIpc) is 3.81. The largest absolute Gasteiger partial charge is 0.494 e. The second kappa shape index (κ2) is 14.2. The minimum absolute atomic E-state index is 0. The number of anilines is 1. The number of halogens is 2. The topological polar surface area (TPSA) is 99.2 Å². The number of hydrogen-bond acceptors (Lipinski definition) is 7. The van der Waals surface area contributed by atoms with Gasteiger partial charge in [-0.2, -0.15) is 0 Å². The summed E-state index contributed by atoms with van der Waals surface area (Å²) in [6.45, 7) is 3.83. The molecule has 2 heterocycles. The maximum atomic E-state index is 13.6. The van der Waals surface area contributed by atoms with Crippen LogP contribution < -0.4 is 15.1 Å². The molecule has 0 spiro atoms. The fourth-order valence-electron chi connectivity index (χ4n) is 5.88. The molecule has 1 saturated carbocycles. The van der Waals surface area contributed by atoms with Crippen LogP contribution in [0.4, 0.5) is 5.69 Å². The number of piperidine rings is 2. The van der Waals surface area contributed by atoms with E-state index in [0.29, 0.717) is 31.5 Å². The van der Waals surface area contributed by atoms with E-state index in [1.807, 2.05) is 0 Å². The number of hydroxylamine groups is 1. The molecule has 0 unspecified atom stereocenters. The second-order valence-electron chi connectivity index (χ2n) is 10.8. The van der Waals surface area contributed by atoms with E-state index in [9.17, 15) is 18.4 Å². The molecule has 2 aromatic carbocycles. The number of hydrogen-bond donors (Lipinski definition) is 2. The maximum Gasteiger partial charge on any atom is 0.265 e. The van der Waals surface area contributed by atoms with Gasteiger partial charge in [0.25, 0.3) is 5.91 Å². The van der Waals surface area contributed by atoms with Crippen molar-refractivity contribution in [2.75, 3.05) is 37.7 Å². The number of rotatable bonds is 10. The third-order valence-corrected chi connectivity index (χ3v) is 10.9. The molecular weight excluding hydrogens is 573 g/mol. The average molecular weight is 615 g/mol. The molecule has 2 saturated heterocycles. The normalized spacial score (nSPS) is 19.2. The van der Waals surface area contributed by atoms with Crippen LogP contribution in [0.15, 0.2) is 53.4 Å². The first kappa shape index (κ1) is 32.5. The van der Waals surface area contributed by atoms with Crippen LogP contribution in [0.5, 0.6) is 5.75 Å². The van der Waals surface area contributed by atoms with E-state index < -0.39 is 20.5 Å². The SMILES string of the molecule is Cl.Cl.O=C(NO)C1(S(=O)(=O)c2ccc(OCCCc3cccc(N4CCCCC4)c3)cc2)CCN(C2CC2)CC1. The van der Waals surface area contributed by atoms with Crippen LogP contribution in [0, 0.1) is 0 Å². The molecule has 5 rings (SSSR count). The predicted octanol–water partition coefficient (Wildman–Crippen LogP) is 4.81. The first-order valence-electron chi connectivity index (χ1n) is 13.9. The number of carbonyl (C=O) groups is 1. The highest BCUT2D eigenvalue weighted by molar-refractivity contribution is 7.93. The van der Waals surface area contributed by atoms with E-state index in [1.54, 1.807) is 17.6 Å². The maximum absolute atomic E-state index is 13.6. The summed E-state index contributed by atoms with van der Waals surface area (Å²) in [4.78, 5) is 17.5. The third kappa shape index (κ3) is 7.05. The minimum atomic E-state index is -4.01. The number of likely N-dealkylation sites (tertiary alicyclic amines) is 1. The fourth-order valence-corrected chi connectivity index (χ4v) is 7.83. The lowest BCUT2D eigenvalue weighted by atomic mass is 9.94. The van der Waals surface area contributed by atoms with Gasteiger partial charge in [-0.3, -0.25) is 10.0 Å². The summed E-state index contributed by atoms with van der Waals surface area (Å²) >= 11 is 0. The molecule has 40 heavy (non-hydrogen) atoms. The van der Waals surface area contributed by atoms with E-state index in [-0.39, 0.29) is 42.6 Å². The van der Waals surface area contributed by atoms with Crippen molar-refractivity contribution in [3.05, 3.63) is 54.1 Å². The van der Waals surface area contributed by atoms with Crippen molar-refractivity contribution in [1.82, 2.24) is 10.4 Å². The molecule has 8 nitrogen and oxygen atoms in total. The van der Waals surface area contributed by atoms with Crippen LogP contribution in [0.3, 0.4) is 0 Å². The third-order valence-electron chi connectivity index (χ3n) is 8.34. The van der Waals surface area contributed by atoms with Gasteiger partial charge in [-0.15, -0.1) is 24.8 Å². The molecule has 1 amide bonds. The van der Waals surface area contributed by atoms with E-state index in [2.05, 4.69) is 34.1 Å². The Hall–Kier alpha value is -2.04. The molecule has 3 fully saturated rings. The first-order valence-corrected chi connectivity index (χ1v) is 15.4. The van der Waals surface area contributed by atoms with Gasteiger partial charge in [-0.05, 0) is 99.7 Å². The van der Waals surface area contributed by atoms with E-state index in [4.69, 9.17) is 4.74 Å². The lowest BCUT2D eigenvalue weighted by molar-refractivity contribution is -0.133. The monoisotopic (exact) mass is 613 g/mol. The zero-order valence-electron chi connectivity index (χ0n) is 22.8. The van der Waals surface area contributed by atoms with Crippen molar-refractivity contribution in [3.63, 3.8) is 0 Å². The summed E-state index contributed by atoms with van der Waals surface area (Å²) < 4.78 is 31.5. The summed E-state index contributed by atoms with van der Waals surface area (Å²) in [7, 11) is -4.01. The lowest BCUT2D eigenvalue weighted by Gasteiger charge is -2.39. The van der Waals surface area contributed by atoms with Crippen molar-refractivity contribution >= 4 is 46.2 Å². The van der Waals surface area contributed by atoms with Gasteiger partial charge in [-0.25, -0.2) is 13.9 Å². The van der Waals surface area contributed by atoms with Gasteiger partial charge in [-0.1, -0.05) is 12.1 Å². The summed E-state index contributed by atoms with van der Waals surface area (Å²) in [6, 6.07) is 15.5. The first-order chi connectivity index (χ1) is 18.4. The van der Waals surface area contributed by atoms with Crippen LogP contribution in [0.2, 0.25) is 0 Å². The molecule has 0 aromatic heterocycles. The molecule has 1 aliphatic carbocycles. The van der Waals surface area contributed by atoms with Gasteiger partial charge >= 0.3 is 0 Å². The summed E-state index contributed by atoms with van der Waals surface area (Å²) in [5.41, 5.74) is 4.22. The Morgan fingerprint density at radius 1 is 0.975 bits per heavy atom. The van der Waals surface area contributed by atoms with Crippen LogP contribution in [0.1, 0.15) is 56.9 Å². The molecule has 2 aliphatic heterocycles. The number of aryl methyl sites for hydroxylation is 1. The standard InChI is InChI=1S/C29H39N3O5S.2ClH/c33-28(30-34)29(15-19-32(20-16-29)24-9-10-24)38(35,36)27-13-11-26(12-14-27)37-21-5-7-23-6-4-8-25(22-23)31-17-2-1-3-18-31;;/h4,6,8,11-14,22,24,34H,1-3,5,7,9-10,15-21H2,(H,30,33);2*1H. The quantitative estimate of drug-likeness (QED) is 0.225. The Kier molecular flexibility index (Phi) is 11.6. The summed E-state index contributed by atoms with van der Waals surface area (Å²) in [5.74, 6) is -0.257. The molecule has 0 radical (unpaired) electrons.